The molecule has 0 aliphatic rings. The van der Waals surface area contributed by atoms with Gasteiger partial charge in [-0.15, -0.1) is 0 Å². The van der Waals surface area contributed by atoms with Crippen molar-refractivity contribution < 1.29 is 19.2 Å². The number of non-ortho nitro benzene ring substituents is 1. The topological polar surface area (TPSA) is 111 Å². The average molecular weight is 350 g/mol. The molecule has 124 valence electrons. The lowest BCUT2D eigenvalue weighted by atomic mass is 10.2. The van der Waals surface area contributed by atoms with Crippen LogP contribution in [0.2, 0.25) is 5.02 Å². The highest BCUT2D eigenvalue weighted by molar-refractivity contribution is 6.45. The molecule has 0 saturated carbocycles. The molecule has 2 aromatic rings. The van der Waals surface area contributed by atoms with Gasteiger partial charge in [0, 0.05) is 6.07 Å². The summed E-state index contributed by atoms with van der Waals surface area (Å²) >= 11 is 5.90. The SMILES string of the molecule is COc1cc([N+](=O)[O-])ccc1NC(=O)C(=O)Nc1ccccc1Cl. The zero-order chi connectivity index (χ0) is 17.7. The predicted octanol–water partition coefficient (Wildman–Crippen LogP) is 2.83. The molecule has 0 aromatic heterocycles. The number of anilines is 2. The van der Waals surface area contributed by atoms with E-state index < -0.39 is 16.7 Å². The van der Waals surface area contributed by atoms with Crippen molar-refractivity contribution in [2.45, 2.75) is 0 Å². The maximum absolute atomic E-state index is 12.0. The minimum atomic E-state index is -0.970. The molecule has 2 rings (SSSR count). The van der Waals surface area contributed by atoms with Gasteiger partial charge in [0.1, 0.15) is 5.75 Å². The van der Waals surface area contributed by atoms with Crippen LogP contribution in [-0.4, -0.2) is 23.8 Å². The van der Waals surface area contributed by atoms with Crippen LogP contribution in [0.1, 0.15) is 0 Å². The van der Waals surface area contributed by atoms with E-state index in [1.54, 1.807) is 24.3 Å². The smallest absolute Gasteiger partial charge is 0.314 e. The Bertz CT molecular complexity index is 809. The Hall–Kier alpha value is -3.13. The summed E-state index contributed by atoms with van der Waals surface area (Å²) in [5.41, 5.74) is 0.211. The normalized spacial score (nSPS) is 9.92. The van der Waals surface area contributed by atoms with Crippen LogP contribution >= 0.6 is 11.6 Å². The van der Waals surface area contributed by atoms with Gasteiger partial charge in [-0.05, 0) is 18.2 Å². The number of carbonyl (C=O) groups excluding carboxylic acids is 2. The van der Waals surface area contributed by atoms with E-state index in [-0.39, 0.29) is 27.8 Å². The van der Waals surface area contributed by atoms with Crippen molar-refractivity contribution in [3.05, 3.63) is 57.6 Å². The van der Waals surface area contributed by atoms with Crippen molar-refractivity contribution in [3.8, 4) is 5.75 Å². The molecule has 0 atom stereocenters. The van der Waals surface area contributed by atoms with Crippen molar-refractivity contribution in [2.75, 3.05) is 17.7 Å². The fourth-order valence-electron chi connectivity index (χ4n) is 1.82. The minimum Gasteiger partial charge on any atom is -0.494 e. The molecule has 24 heavy (non-hydrogen) atoms. The number of amides is 2. The molecule has 0 aliphatic carbocycles. The van der Waals surface area contributed by atoms with E-state index >= 15 is 0 Å². The number of para-hydroxylation sites is 1. The molecule has 0 saturated heterocycles. The summed E-state index contributed by atoms with van der Waals surface area (Å²) in [6.07, 6.45) is 0. The molecule has 0 unspecified atom stereocenters. The number of carbonyl (C=O) groups is 2. The number of nitrogens with one attached hydrogen (secondary N) is 2. The lowest BCUT2D eigenvalue weighted by molar-refractivity contribution is -0.384. The van der Waals surface area contributed by atoms with Crippen LogP contribution in [-0.2, 0) is 9.59 Å². The van der Waals surface area contributed by atoms with Crippen molar-refractivity contribution in [2.24, 2.45) is 0 Å². The maximum atomic E-state index is 12.0. The van der Waals surface area contributed by atoms with Gasteiger partial charge in [-0.25, -0.2) is 0 Å². The van der Waals surface area contributed by atoms with Gasteiger partial charge in [0.05, 0.1) is 34.5 Å². The van der Waals surface area contributed by atoms with Gasteiger partial charge in [0.15, 0.2) is 0 Å². The average Bonchev–Trinajstić information content (AvgIpc) is 2.56. The van der Waals surface area contributed by atoms with Crippen molar-refractivity contribution in [1.82, 2.24) is 0 Å². The molecule has 0 radical (unpaired) electrons. The van der Waals surface area contributed by atoms with Crippen molar-refractivity contribution >= 4 is 40.5 Å². The third-order valence-corrected chi connectivity index (χ3v) is 3.30. The molecule has 2 amide bonds. The van der Waals surface area contributed by atoms with Crippen molar-refractivity contribution in [1.29, 1.82) is 0 Å². The number of nitro benzene ring substituents is 1. The highest BCUT2D eigenvalue weighted by Gasteiger charge is 2.18. The van der Waals surface area contributed by atoms with Crippen LogP contribution in [0.25, 0.3) is 0 Å². The second-order valence-electron chi connectivity index (χ2n) is 4.53. The lowest BCUT2D eigenvalue weighted by Crippen LogP contribution is -2.29. The zero-order valence-corrected chi connectivity index (χ0v) is 13.2. The van der Waals surface area contributed by atoms with Crippen molar-refractivity contribution in [3.63, 3.8) is 0 Å². The number of benzene rings is 2. The van der Waals surface area contributed by atoms with Gasteiger partial charge in [-0.1, -0.05) is 23.7 Å². The fourth-order valence-corrected chi connectivity index (χ4v) is 2.00. The van der Waals surface area contributed by atoms with Crippen LogP contribution < -0.4 is 15.4 Å². The van der Waals surface area contributed by atoms with Crippen LogP contribution in [0, 0.1) is 10.1 Å². The Labute approximate surface area is 141 Å². The van der Waals surface area contributed by atoms with Crippen LogP contribution in [0.4, 0.5) is 17.1 Å². The van der Waals surface area contributed by atoms with Gasteiger partial charge >= 0.3 is 11.8 Å². The lowest BCUT2D eigenvalue weighted by Gasteiger charge is -2.10. The first-order valence-electron chi connectivity index (χ1n) is 6.61. The molecular formula is C15H12ClN3O5. The molecule has 2 aromatic carbocycles. The summed E-state index contributed by atoms with van der Waals surface area (Å²) in [4.78, 5) is 34.0. The number of ether oxygens (including phenoxy) is 1. The van der Waals surface area contributed by atoms with E-state index in [4.69, 9.17) is 16.3 Å². The van der Waals surface area contributed by atoms with E-state index in [9.17, 15) is 19.7 Å². The summed E-state index contributed by atoms with van der Waals surface area (Å²) < 4.78 is 4.98. The van der Waals surface area contributed by atoms with E-state index in [0.717, 1.165) is 6.07 Å². The molecule has 0 aliphatic heterocycles. The minimum absolute atomic E-state index is 0.0584. The first-order chi connectivity index (χ1) is 11.4. The molecule has 2 N–H and O–H groups in total. The Morgan fingerprint density at radius 2 is 1.71 bits per heavy atom. The highest BCUT2D eigenvalue weighted by atomic mass is 35.5. The van der Waals surface area contributed by atoms with Gasteiger partial charge in [-0.3, -0.25) is 19.7 Å². The highest BCUT2D eigenvalue weighted by Crippen LogP contribution is 2.29. The molecule has 0 fully saturated rings. The maximum Gasteiger partial charge on any atom is 0.314 e. The summed E-state index contributed by atoms with van der Waals surface area (Å²) in [6.45, 7) is 0. The number of methoxy groups -OCH3 is 1. The second kappa shape index (κ2) is 7.42. The van der Waals surface area contributed by atoms with Crippen LogP contribution in [0.3, 0.4) is 0 Å². The number of rotatable bonds is 4. The number of hydrogen-bond donors (Lipinski definition) is 2. The number of nitrogens with zero attached hydrogens (tertiary/aromatic N) is 1. The molecule has 0 spiro atoms. The first kappa shape index (κ1) is 17.2. The quantitative estimate of drug-likeness (QED) is 0.501. The fraction of sp³-hybridized carbons (Fsp3) is 0.0667. The predicted molar refractivity (Wildman–Crippen MR) is 88.4 cm³/mol. The monoisotopic (exact) mass is 349 g/mol. The van der Waals surface area contributed by atoms with E-state index in [2.05, 4.69) is 10.6 Å². The molecule has 0 bridgehead atoms. The first-order valence-corrected chi connectivity index (χ1v) is 6.99. The second-order valence-corrected chi connectivity index (χ2v) is 4.94. The molecule has 8 nitrogen and oxygen atoms in total. The van der Waals surface area contributed by atoms with E-state index in [0.29, 0.717) is 0 Å². The Kier molecular flexibility index (Phi) is 5.33. The van der Waals surface area contributed by atoms with Gasteiger partial charge < -0.3 is 15.4 Å². The Balaban J connectivity index is 2.13. The Morgan fingerprint density at radius 3 is 2.29 bits per heavy atom. The van der Waals surface area contributed by atoms with Crippen LogP contribution in [0.15, 0.2) is 42.5 Å². The third-order valence-electron chi connectivity index (χ3n) is 2.97. The van der Waals surface area contributed by atoms with Gasteiger partial charge in [0.25, 0.3) is 5.69 Å². The third kappa shape index (κ3) is 3.99. The molecule has 9 heteroatoms. The summed E-state index contributed by atoms with van der Waals surface area (Å²) in [7, 11) is 1.29. The summed E-state index contributed by atoms with van der Waals surface area (Å²) in [6, 6.07) is 10.0. The number of hydrogen-bond acceptors (Lipinski definition) is 5. The number of halogens is 1. The largest absolute Gasteiger partial charge is 0.494 e. The molecule has 0 heterocycles. The van der Waals surface area contributed by atoms with Crippen LogP contribution in [0.5, 0.6) is 5.75 Å². The zero-order valence-electron chi connectivity index (χ0n) is 12.4. The summed E-state index contributed by atoms with van der Waals surface area (Å²) in [5.74, 6) is -1.85. The molecular weight excluding hydrogens is 338 g/mol. The van der Waals surface area contributed by atoms with Gasteiger partial charge in [0.2, 0.25) is 0 Å². The number of nitro groups is 1. The summed E-state index contributed by atoms with van der Waals surface area (Å²) in [5, 5.41) is 15.7. The van der Waals surface area contributed by atoms with Gasteiger partial charge in [-0.2, -0.15) is 0 Å². The standard InChI is InChI=1S/C15H12ClN3O5/c1-24-13-8-9(19(22)23)6-7-12(13)18-15(21)14(20)17-11-5-3-2-4-10(11)16/h2-8H,1H3,(H,17,20)(H,18,21). The van der Waals surface area contributed by atoms with E-state index in [1.807, 2.05) is 0 Å². The van der Waals surface area contributed by atoms with E-state index in [1.165, 1.54) is 19.2 Å². The Morgan fingerprint density at radius 1 is 1.08 bits per heavy atom.